The van der Waals surface area contributed by atoms with Gasteiger partial charge in [-0.2, -0.15) is 0 Å². The highest BCUT2D eigenvalue weighted by Gasteiger charge is 2.44. The molecular formula is C10H14N5O9P3S+2. The third-order valence-electron chi connectivity index (χ3n) is 3.59. The van der Waals surface area contributed by atoms with Gasteiger partial charge in [-0.1, -0.05) is 0 Å². The lowest BCUT2D eigenvalue weighted by Crippen LogP contribution is -2.25. The number of aromatic nitrogens is 4. The fourth-order valence-corrected chi connectivity index (χ4v) is 5.63. The van der Waals surface area contributed by atoms with Crippen molar-refractivity contribution in [2.45, 2.75) is 24.9 Å². The summed E-state index contributed by atoms with van der Waals surface area (Å²) in [6, 6.07) is 0. The highest BCUT2D eigenvalue weighted by Crippen LogP contribution is 2.57. The van der Waals surface area contributed by atoms with Crippen molar-refractivity contribution < 1.29 is 41.9 Å². The van der Waals surface area contributed by atoms with Crippen molar-refractivity contribution in [3.63, 3.8) is 0 Å². The van der Waals surface area contributed by atoms with E-state index in [0.717, 1.165) is 0 Å². The number of nitrogens with two attached hydrogens (primary N) is 1. The molecule has 3 unspecified atom stereocenters. The zero-order chi connectivity index (χ0) is 20.5. The first kappa shape index (κ1) is 21.6. The summed E-state index contributed by atoms with van der Waals surface area (Å²) in [5.41, 5.74) is 6.56. The van der Waals surface area contributed by atoms with E-state index in [1.165, 1.54) is 12.7 Å². The predicted octanol–water partition coefficient (Wildman–Crippen LogP) is 0.631. The Balaban J connectivity index is 1.59. The topological polar surface area (TPSA) is 201 Å². The summed E-state index contributed by atoms with van der Waals surface area (Å²) >= 11 is 4.75. The SMILES string of the molecule is Nc1ncnc2c1ncn2[C@H]1C[C@H](O)[C@@H](CO[P+](=S)OP(=O)(O)O[P+](=O)O)O1. The first-order chi connectivity index (χ1) is 13.2. The minimum Gasteiger partial charge on any atom is -0.390 e. The van der Waals surface area contributed by atoms with Crippen molar-refractivity contribution >= 4 is 52.0 Å². The van der Waals surface area contributed by atoms with E-state index in [0.29, 0.717) is 11.2 Å². The average Bonchev–Trinajstić information content (AvgIpc) is 3.15. The average molecular weight is 473 g/mol. The number of imidazole rings is 1. The molecule has 1 aliphatic heterocycles. The van der Waals surface area contributed by atoms with Crippen LogP contribution in [0.15, 0.2) is 12.7 Å². The van der Waals surface area contributed by atoms with Gasteiger partial charge in [0.1, 0.15) is 30.8 Å². The van der Waals surface area contributed by atoms with Crippen molar-refractivity contribution in [1.29, 1.82) is 0 Å². The zero-order valence-electron chi connectivity index (χ0n) is 13.7. The molecule has 2 aromatic rings. The van der Waals surface area contributed by atoms with Crippen LogP contribution in [0.2, 0.25) is 0 Å². The van der Waals surface area contributed by atoms with Gasteiger partial charge in [0.2, 0.25) is 11.8 Å². The second-order valence-corrected chi connectivity index (χ2v) is 9.72. The van der Waals surface area contributed by atoms with Crippen LogP contribution < -0.4 is 5.73 Å². The number of hydrogen-bond donors (Lipinski definition) is 4. The Bertz CT molecular complexity index is 960. The Morgan fingerprint density at radius 2 is 2.18 bits per heavy atom. The highest BCUT2D eigenvalue weighted by atomic mass is 32.4. The fourth-order valence-electron chi connectivity index (χ4n) is 2.46. The monoisotopic (exact) mass is 473 g/mol. The summed E-state index contributed by atoms with van der Waals surface area (Å²) in [4.78, 5) is 29.8. The third-order valence-corrected chi connectivity index (χ3v) is 7.61. The molecule has 0 spiro atoms. The smallest absolute Gasteiger partial charge is 0.390 e. The normalized spacial score (nSPS) is 25.6. The molecule has 2 aromatic heterocycles. The van der Waals surface area contributed by atoms with E-state index in [1.807, 2.05) is 0 Å². The van der Waals surface area contributed by atoms with E-state index in [9.17, 15) is 19.1 Å². The predicted molar refractivity (Wildman–Crippen MR) is 96.3 cm³/mol. The maximum atomic E-state index is 11.4. The van der Waals surface area contributed by atoms with Crippen molar-refractivity contribution in [2.75, 3.05) is 12.3 Å². The summed E-state index contributed by atoms with van der Waals surface area (Å²) < 4.78 is 42.5. The van der Waals surface area contributed by atoms with Crippen LogP contribution in [0.25, 0.3) is 11.2 Å². The number of nitrogen functional groups attached to an aromatic ring is 1. The summed E-state index contributed by atoms with van der Waals surface area (Å²) in [6.45, 7) is -0.262. The van der Waals surface area contributed by atoms with Gasteiger partial charge in [-0.3, -0.25) is 9.46 Å². The van der Waals surface area contributed by atoms with Crippen molar-refractivity contribution in [2.24, 2.45) is 0 Å². The van der Waals surface area contributed by atoms with E-state index >= 15 is 0 Å². The molecule has 0 saturated carbocycles. The molecule has 0 bridgehead atoms. The molecule has 0 amide bonds. The van der Waals surface area contributed by atoms with Crippen molar-refractivity contribution in [3.05, 3.63) is 12.7 Å². The summed E-state index contributed by atoms with van der Waals surface area (Å²) in [5.74, 6) is 0.205. The number of anilines is 1. The fraction of sp³-hybridized carbons (Fsp3) is 0.500. The molecule has 1 fully saturated rings. The van der Waals surface area contributed by atoms with E-state index in [2.05, 4.69) is 23.6 Å². The van der Waals surface area contributed by atoms with Gasteiger partial charge in [-0.05, 0) is 4.31 Å². The van der Waals surface area contributed by atoms with Crippen LogP contribution in [0, 0.1) is 0 Å². The number of ether oxygens (including phenoxy) is 1. The molecule has 3 rings (SSSR count). The van der Waals surface area contributed by atoms with Crippen LogP contribution in [0.1, 0.15) is 12.6 Å². The Labute approximate surface area is 163 Å². The van der Waals surface area contributed by atoms with Gasteiger partial charge in [-0.25, -0.2) is 19.5 Å². The second-order valence-electron chi connectivity index (χ2n) is 5.40. The minimum absolute atomic E-state index is 0.187. The van der Waals surface area contributed by atoms with E-state index in [-0.39, 0.29) is 18.8 Å². The molecule has 28 heavy (non-hydrogen) atoms. The quantitative estimate of drug-likeness (QED) is 0.389. The molecule has 1 aliphatic rings. The number of aliphatic hydroxyl groups excluding tert-OH is 1. The molecule has 152 valence electrons. The van der Waals surface area contributed by atoms with Gasteiger partial charge >= 0.3 is 23.2 Å². The molecule has 5 N–H and O–H groups in total. The zero-order valence-corrected chi connectivity index (χ0v) is 17.2. The van der Waals surface area contributed by atoms with Crippen LogP contribution in [-0.4, -0.2) is 53.2 Å². The van der Waals surface area contributed by atoms with Gasteiger partial charge in [0.15, 0.2) is 11.5 Å². The molecule has 18 heteroatoms. The maximum Gasteiger partial charge on any atom is 0.705 e. The van der Waals surface area contributed by atoms with Gasteiger partial charge in [-0.15, -0.1) is 9.42 Å². The van der Waals surface area contributed by atoms with Crippen molar-refractivity contribution in [3.8, 4) is 0 Å². The highest BCUT2D eigenvalue weighted by molar-refractivity contribution is 8.02. The number of aliphatic hydroxyl groups is 1. The largest absolute Gasteiger partial charge is 0.705 e. The maximum absolute atomic E-state index is 11.4. The molecule has 0 radical (unpaired) electrons. The standard InChI is InChI=1S/C10H12N5O9P3S/c11-9-8-10(13-3-12-9)15(4-14-8)7-1-5(16)6(22-7)2-21-26(28)24-27(19,20)23-25(17)18/h3-7,16H,1-2H2,(H2-2,11,12,13,17,18,19,20)/p+2/t5-,6+,7+/m0/s1. The lowest BCUT2D eigenvalue weighted by Gasteiger charge is -2.13. The third kappa shape index (κ3) is 5.09. The number of rotatable bonds is 8. The van der Waals surface area contributed by atoms with Crippen LogP contribution in [0.3, 0.4) is 0 Å². The van der Waals surface area contributed by atoms with Crippen molar-refractivity contribution in [1.82, 2.24) is 19.5 Å². The van der Waals surface area contributed by atoms with Crippen LogP contribution in [0.4, 0.5) is 5.82 Å². The minimum atomic E-state index is -4.84. The number of hydrogen-bond acceptors (Lipinski definition) is 12. The Hall–Kier alpha value is -1.08. The second kappa shape index (κ2) is 8.74. The van der Waals surface area contributed by atoms with E-state index < -0.39 is 41.7 Å². The molecule has 0 aliphatic carbocycles. The number of phosphoric acid groups is 1. The van der Waals surface area contributed by atoms with Crippen LogP contribution in [0.5, 0.6) is 0 Å². The molecule has 0 aromatic carbocycles. The van der Waals surface area contributed by atoms with Gasteiger partial charge in [0.05, 0.1) is 12.4 Å². The molecular weight excluding hydrogens is 459 g/mol. The van der Waals surface area contributed by atoms with Crippen LogP contribution >= 0.6 is 23.2 Å². The van der Waals surface area contributed by atoms with Crippen LogP contribution in [-0.2, 0) is 38.8 Å². The number of fused-ring (bicyclic) bond motifs is 1. The summed E-state index contributed by atoms with van der Waals surface area (Å²) in [6.07, 6.45) is 0.529. The molecule has 14 nitrogen and oxygen atoms in total. The van der Waals surface area contributed by atoms with Gasteiger partial charge in [0.25, 0.3) is 0 Å². The first-order valence-electron chi connectivity index (χ1n) is 7.41. The Kier molecular flexibility index (Phi) is 6.75. The Morgan fingerprint density at radius 3 is 2.89 bits per heavy atom. The molecule has 3 heterocycles. The first-order valence-corrected chi connectivity index (χ1v) is 12.2. The Morgan fingerprint density at radius 1 is 1.43 bits per heavy atom. The number of nitrogens with zero attached hydrogens (tertiary/aromatic N) is 4. The van der Waals surface area contributed by atoms with Gasteiger partial charge < -0.3 is 15.6 Å². The van der Waals surface area contributed by atoms with E-state index in [4.69, 9.17) is 31.7 Å². The summed E-state index contributed by atoms with van der Waals surface area (Å²) in [5, 5.41) is 10.2. The molecule has 6 atom stereocenters. The lowest BCUT2D eigenvalue weighted by atomic mass is 10.2. The lowest BCUT2D eigenvalue weighted by molar-refractivity contribution is -0.0371. The van der Waals surface area contributed by atoms with E-state index in [1.54, 1.807) is 4.57 Å². The molecule has 1 saturated heterocycles. The summed E-state index contributed by atoms with van der Waals surface area (Å²) in [7, 11) is -10.6. The van der Waals surface area contributed by atoms with Gasteiger partial charge in [0, 0.05) is 15.3 Å².